The number of aromatic carboxylic acids is 1. The van der Waals surface area contributed by atoms with Gasteiger partial charge in [-0.15, -0.1) is 0 Å². The predicted molar refractivity (Wildman–Crippen MR) is 51.4 cm³/mol. The lowest BCUT2D eigenvalue weighted by Gasteiger charge is -2.18. The molecule has 0 bridgehead atoms. The monoisotopic (exact) mass is 230 g/mol. The fourth-order valence-corrected chi connectivity index (χ4v) is 1.32. The summed E-state index contributed by atoms with van der Waals surface area (Å²) in [5.74, 6) is -2.36. The molecule has 0 aromatic heterocycles. The number of benzene rings is 1. The van der Waals surface area contributed by atoms with Crippen LogP contribution in [0.4, 0.5) is 4.39 Å². The van der Waals surface area contributed by atoms with E-state index in [0.29, 0.717) is 0 Å². The third kappa shape index (κ3) is 2.35. The largest absolute Gasteiger partial charge is 0.478 e. The van der Waals surface area contributed by atoms with Gasteiger partial charge in [-0.3, -0.25) is 0 Å². The Kier molecular flexibility index (Phi) is 3.94. The molecule has 2 unspecified atom stereocenters. The van der Waals surface area contributed by atoms with Crippen molar-refractivity contribution in [1.82, 2.24) is 0 Å². The van der Waals surface area contributed by atoms with E-state index >= 15 is 0 Å². The zero-order chi connectivity index (χ0) is 12.3. The number of hydrogen-bond donors (Lipinski definition) is 4. The SMILES string of the molecule is O=C(O)c1cccc(F)c1C(O)C(O)CO. The Morgan fingerprint density at radius 3 is 2.50 bits per heavy atom. The molecular weight excluding hydrogens is 219 g/mol. The second-order valence-corrected chi connectivity index (χ2v) is 3.20. The van der Waals surface area contributed by atoms with E-state index in [1.165, 1.54) is 6.07 Å². The summed E-state index contributed by atoms with van der Waals surface area (Å²) in [4.78, 5) is 10.8. The number of carbonyl (C=O) groups is 1. The van der Waals surface area contributed by atoms with Gasteiger partial charge in [0.05, 0.1) is 12.2 Å². The van der Waals surface area contributed by atoms with Gasteiger partial charge in [0.15, 0.2) is 0 Å². The highest BCUT2D eigenvalue weighted by molar-refractivity contribution is 5.89. The highest BCUT2D eigenvalue weighted by Gasteiger charge is 2.26. The first-order valence-electron chi connectivity index (χ1n) is 4.47. The first-order valence-corrected chi connectivity index (χ1v) is 4.47. The van der Waals surface area contributed by atoms with Gasteiger partial charge in [-0.05, 0) is 12.1 Å². The molecule has 16 heavy (non-hydrogen) atoms. The zero-order valence-electron chi connectivity index (χ0n) is 8.17. The molecule has 0 aliphatic carbocycles. The molecule has 0 aliphatic rings. The molecular formula is C10H11FO5. The number of carboxylic acid groups (broad SMARTS) is 1. The zero-order valence-corrected chi connectivity index (χ0v) is 8.17. The van der Waals surface area contributed by atoms with Crippen molar-refractivity contribution in [1.29, 1.82) is 0 Å². The highest BCUT2D eigenvalue weighted by atomic mass is 19.1. The second kappa shape index (κ2) is 5.02. The highest BCUT2D eigenvalue weighted by Crippen LogP contribution is 2.24. The number of rotatable bonds is 4. The van der Waals surface area contributed by atoms with Gasteiger partial charge >= 0.3 is 5.97 Å². The molecule has 1 aromatic carbocycles. The molecule has 0 saturated heterocycles. The molecule has 0 aliphatic heterocycles. The van der Waals surface area contributed by atoms with Gasteiger partial charge in [0, 0.05) is 5.56 Å². The van der Waals surface area contributed by atoms with Gasteiger partial charge in [-0.1, -0.05) is 6.07 Å². The average molecular weight is 230 g/mol. The molecule has 1 aromatic rings. The van der Waals surface area contributed by atoms with Crippen LogP contribution in [0.1, 0.15) is 22.0 Å². The minimum absolute atomic E-state index is 0.444. The molecule has 0 saturated carbocycles. The van der Waals surface area contributed by atoms with Crippen LogP contribution in [0.5, 0.6) is 0 Å². The van der Waals surface area contributed by atoms with Gasteiger partial charge in [0.25, 0.3) is 0 Å². The minimum atomic E-state index is -1.78. The van der Waals surface area contributed by atoms with Crippen LogP contribution in [-0.4, -0.2) is 39.1 Å². The van der Waals surface area contributed by atoms with Crippen LogP contribution in [-0.2, 0) is 0 Å². The third-order valence-corrected chi connectivity index (χ3v) is 2.13. The average Bonchev–Trinajstić information content (AvgIpc) is 2.26. The molecule has 0 fully saturated rings. The third-order valence-electron chi connectivity index (χ3n) is 2.13. The van der Waals surface area contributed by atoms with Gasteiger partial charge in [0.2, 0.25) is 0 Å². The first kappa shape index (κ1) is 12.6. The quantitative estimate of drug-likeness (QED) is 0.579. The maximum absolute atomic E-state index is 13.3. The lowest BCUT2D eigenvalue weighted by Crippen LogP contribution is -2.25. The van der Waals surface area contributed by atoms with Crippen LogP contribution in [0.25, 0.3) is 0 Å². The molecule has 0 heterocycles. The molecule has 5 nitrogen and oxygen atoms in total. The van der Waals surface area contributed by atoms with Crippen LogP contribution in [0.15, 0.2) is 18.2 Å². The number of carboxylic acids is 1. The normalized spacial score (nSPS) is 14.5. The number of aliphatic hydroxyl groups is 3. The van der Waals surface area contributed by atoms with E-state index in [1.807, 2.05) is 0 Å². The summed E-state index contributed by atoms with van der Waals surface area (Å²) in [6.07, 6.45) is -3.41. The lowest BCUT2D eigenvalue weighted by molar-refractivity contribution is -0.0174. The van der Waals surface area contributed by atoms with Gasteiger partial charge in [0.1, 0.15) is 18.0 Å². The Hall–Kier alpha value is -1.50. The first-order chi connectivity index (χ1) is 7.49. The van der Waals surface area contributed by atoms with Gasteiger partial charge in [-0.2, -0.15) is 0 Å². The van der Waals surface area contributed by atoms with E-state index in [2.05, 4.69) is 0 Å². The fraction of sp³-hybridized carbons (Fsp3) is 0.300. The molecule has 6 heteroatoms. The Balaban J connectivity index is 3.24. The molecule has 0 radical (unpaired) electrons. The molecule has 88 valence electrons. The minimum Gasteiger partial charge on any atom is -0.478 e. The topological polar surface area (TPSA) is 98.0 Å². The summed E-state index contributed by atoms with van der Waals surface area (Å²) in [5.41, 5.74) is -0.975. The number of aliphatic hydroxyl groups excluding tert-OH is 3. The maximum Gasteiger partial charge on any atom is 0.336 e. The van der Waals surface area contributed by atoms with E-state index in [-0.39, 0.29) is 0 Å². The maximum atomic E-state index is 13.3. The van der Waals surface area contributed by atoms with Crippen molar-refractivity contribution < 1.29 is 29.6 Å². The lowest BCUT2D eigenvalue weighted by atomic mass is 9.98. The number of hydrogen-bond acceptors (Lipinski definition) is 4. The van der Waals surface area contributed by atoms with Crippen molar-refractivity contribution in [3.63, 3.8) is 0 Å². The van der Waals surface area contributed by atoms with Crippen molar-refractivity contribution in [2.24, 2.45) is 0 Å². The molecule has 2 atom stereocenters. The molecule has 1 rings (SSSR count). The van der Waals surface area contributed by atoms with Crippen molar-refractivity contribution in [3.8, 4) is 0 Å². The van der Waals surface area contributed by atoms with Crippen molar-refractivity contribution in [2.45, 2.75) is 12.2 Å². The standard InChI is InChI=1S/C10H11FO5/c11-6-3-1-2-5(10(15)16)8(6)9(14)7(13)4-12/h1-3,7,9,12-14H,4H2,(H,15,16). The van der Waals surface area contributed by atoms with E-state index in [9.17, 15) is 14.3 Å². The Morgan fingerprint density at radius 2 is 2.00 bits per heavy atom. The second-order valence-electron chi connectivity index (χ2n) is 3.20. The summed E-state index contributed by atoms with van der Waals surface area (Å²) >= 11 is 0. The van der Waals surface area contributed by atoms with E-state index in [4.69, 9.17) is 15.3 Å². The Morgan fingerprint density at radius 1 is 1.38 bits per heavy atom. The predicted octanol–water partition coefficient (Wildman–Crippen LogP) is -0.0895. The smallest absolute Gasteiger partial charge is 0.336 e. The Bertz CT molecular complexity index is 393. The van der Waals surface area contributed by atoms with Crippen molar-refractivity contribution >= 4 is 5.97 Å². The van der Waals surface area contributed by atoms with Gasteiger partial charge in [-0.25, -0.2) is 9.18 Å². The van der Waals surface area contributed by atoms with E-state index < -0.39 is 41.7 Å². The van der Waals surface area contributed by atoms with Crippen LogP contribution in [0, 0.1) is 5.82 Å². The molecule has 0 amide bonds. The summed E-state index contributed by atoms with van der Waals surface area (Å²) in [7, 11) is 0. The van der Waals surface area contributed by atoms with E-state index in [0.717, 1.165) is 12.1 Å². The van der Waals surface area contributed by atoms with Crippen LogP contribution in [0.3, 0.4) is 0 Å². The van der Waals surface area contributed by atoms with Crippen LogP contribution < -0.4 is 0 Å². The number of halogens is 1. The summed E-state index contributed by atoms with van der Waals surface area (Å²) in [5, 5.41) is 36.0. The molecule has 0 spiro atoms. The van der Waals surface area contributed by atoms with Crippen LogP contribution >= 0.6 is 0 Å². The summed E-state index contributed by atoms with van der Waals surface area (Å²) in [6.45, 7) is -0.797. The van der Waals surface area contributed by atoms with Gasteiger partial charge < -0.3 is 20.4 Å². The van der Waals surface area contributed by atoms with Crippen molar-refractivity contribution in [3.05, 3.63) is 35.1 Å². The van der Waals surface area contributed by atoms with Crippen molar-refractivity contribution in [2.75, 3.05) is 6.61 Å². The summed E-state index contributed by atoms with van der Waals surface area (Å²) < 4.78 is 13.3. The summed E-state index contributed by atoms with van der Waals surface area (Å²) in [6, 6.07) is 3.25. The van der Waals surface area contributed by atoms with Crippen LogP contribution in [0.2, 0.25) is 0 Å². The fourth-order valence-electron chi connectivity index (χ4n) is 1.32. The Labute approximate surface area is 90.4 Å². The molecule has 4 N–H and O–H groups in total. The van der Waals surface area contributed by atoms with E-state index in [1.54, 1.807) is 0 Å².